The molecule has 1 amide bonds. The van der Waals surface area contributed by atoms with Gasteiger partial charge in [0, 0.05) is 47.1 Å². The molecule has 1 aromatic heterocycles. The minimum absolute atomic E-state index is 0.00268. The van der Waals surface area contributed by atoms with Gasteiger partial charge in [-0.2, -0.15) is 0 Å². The SMILES string of the molecule is CCOC(=O)c1sc(C)nc1C[C@H]1O[C@H](c2cccc(OC)c2OC)c2cc(Cl)ccc2N(CC(C)(C)COC(C)=O)C1=O. The number of esters is 2. The number of rotatable bonds is 11. The molecule has 4 rings (SSSR count). The van der Waals surface area contributed by atoms with Crippen LogP contribution in [-0.4, -0.2) is 62.9 Å². The van der Waals surface area contributed by atoms with Gasteiger partial charge in [-0.3, -0.25) is 9.59 Å². The van der Waals surface area contributed by atoms with Crippen molar-refractivity contribution in [1.82, 2.24) is 4.98 Å². The Balaban J connectivity index is 1.90. The Morgan fingerprint density at radius 3 is 2.52 bits per heavy atom. The Hall–Kier alpha value is -3.67. The Morgan fingerprint density at radius 1 is 1.11 bits per heavy atom. The summed E-state index contributed by atoms with van der Waals surface area (Å²) in [6.45, 7) is 9.16. The smallest absolute Gasteiger partial charge is 0.350 e. The number of carbonyl (C=O) groups excluding carboxylic acids is 3. The van der Waals surface area contributed by atoms with Crippen LogP contribution in [0, 0.1) is 12.3 Å². The average molecular weight is 645 g/mol. The van der Waals surface area contributed by atoms with Gasteiger partial charge in [-0.1, -0.05) is 37.6 Å². The molecule has 44 heavy (non-hydrogen) atoms. The number of methoxy groups -OCH3 is 2. The summed E-state index contributed by atoms with van der Waals surface area (Å²) >= 11 is 7.74. The van der Waals surface area contributed by atoms with Crippen molar-refractivity contribution in [2.45, 2.75) is 53.2 Å². The number of nitrogens with zero attached hydrogens (tertiary/aromatic N) is 2. The normalized spacial score (nSPS) is 16.6. The average Bonchev–Trinajstić information content (AvgIpc) is 3.31. The summed E-state index contributed by atoms with van der Waals surface area (Å²) in [7, 11) is 3.08. The number of fused-ring (bicyclic) bond motifs is 1. The van der Waals surface area contributed by atoms with Gasteiger partial charge in [-0.05, 0) is 38.1 Å². The predicted molar refractivity (Wildman–Crippen MR) is 167 cm³/mol. The molecule has 0 bridgehead atoms. The van der Waals surface area contributed by atoms with Crippen molar-refractivity contribution in [2.24, 2.45) is 5.41 Å². The van der Waals surface area contributed by atoms with Crippen molar-refractivity contribution in [1.29, 1.82) is 0 Å². The quantitative estimate of drug-likeness (QED) is 0.234. The summed E-state index contributed by atoms with van der Waals surface area (Å²) in [6, 6.07) is 10.7. The van der Waals surface area contributed by atoms with Gasteiger partial charge in [0.2, 0.25) is 0 Å². The number of halogens is 1. The summed E-state index contributed by atoms with van der Waals surface area (Å²) in [5.74, 6) is -0.339. The number of benzene rings is 2. The van der Waals surface area contributed by atoms with E-state index in [2.05, 4.69) is 4.98 Å². The van der Waals surface area contributed by atoms with E-state index in [-0.39, 0.29) is 32.1 Å². The summed E-state index contributed by atoms with van der Waals surface area (Å²) in [5, 5.41) is 1.11. The Bertz CT molecular complexity index is 1540. The monoisotopic (exact) mass is 644 g/mol. The first-order chi connectivity index (χ1) is 20.9. The van der Waals surface area contributed by atoms with Crippen LogP contribution in [0.1, 0.15) is 65.3 Å². The van der Waals surface area contributed by atoms with Crippen molar-refractivity contribution in [3.63, 3.8) is 0 Å². The molecule has 0 N–H and O–H groups in total. The van der Waals surface area contributed by atoms with Crippen LogP contribution in [0.3, 0.4) is 0 Å². The van der Waals surface area contributed by atoms with Gasteiger partial charge >= 0.3 is 11.9 Å². The zero-order valence-electron chi connectivity index (χ0n) is 25.9. The first-order valence-electron chi connectivity index (χ1n) is 14.1. The molecule has 0 aliphatic carbocycles. The third-order valence-electron chi connectivity index (χ3n) is 7.02. The van der Waals surface area contributed by atoms with E-state index in [1.54, 1.807) is 50.1 Å². The predicted octanol–water partition coefficient (Wildman–Crippen LogP) is 5.95. The second-order valence-electron chi connectivity index (χ2n) is 11.1. The molecule has 0 saturated carbocycles. The molecule has 0 spiro atoms. The minimum atomic E-state index is -1.08. The number of carbonyl (C=O) groups is 3. The van der Waals surface area contributed by atoms with Crippen LogP contribution in [0.15, 0.2) is 36.4 Å². The van der Waals surface area contributed by atoms with E-state index in [1.165, 1.54) is 25.4 Å². The summed E-state index contributed by atoms with van der Waals surface area (Å²) in [4.78, 5) is 45.6. The molecule has 0 fully saturated rings. The molecule has 1 aliphatic rings. The summed E-state index contributed by atoms with van der Waals surface area (Å²) < 4.78 is 28.7. The molecule has 12 heteroatoms. The highest BCUT2D eigenvalue weighted by atomic mass is 35.5. The highest BCUT2D eigenvalue weighted by Gasteiger charge is 2.41. The van der Waals surface area contributed by atoms with Gasteiger partial charge < -0.3 is 28.6 Å². The lowest BCUT2D eigenvalue weighted by atomic mass is 9.92. The zero-order valence-corrected chi connectivity index (χ0v) is 27.5. The molecular formula is C32H37ClN2O8S. The Morgan fingerprint density at radius 2 is 1.86 bits per heavy atom. The van der Waals surface area contributed by atoms with Gasteiger partial charge in [0.25, 0.3) is 5.91 Å². The fourth-order valence-electron chi connectivity index (χ4n) is 5.14. The number of ether oxygens (including phenoxy) is 5. The fraction of sp³-hybridized carbons (Fsp3) is 0.438. The first kappa shape index (κ1) is 33.2. The van der Waals surface area contributed by atoms with Gasteiger partial charge in [-0.25, -0.2) is 9.78 Å². The van der Waals surface area contributed by atoms with Gasteiger partial charge in [0.1, 0.15) is 17.1 Å². The van der Waals surface area contributed by atoms with Crippen molar-refractivity contribution in [3.05, 3.63) is 68.1 Å². The van der Waals surface area contributed by atoms with Crippen LogP contribution in [0.5, 0.6) is 11.5 Å². The number of thiazole rings is 1. The van der Waals surface area contributed by atoms with E-state index in [0.29, 0.717) is 48.9 Å². The van der Waals surface area contributed by atoms with Crippen LogP contribution in [0.4, 0.5) is 5.69 Å². The molecule has 0 unspecified atom stereocenters. The largest absolute Gasteiger partial charge is 0.493 e. The number of hydrogen-bond acceptors (Lipinski definition) is 10. The number of aromatic nitrogens is 1. The summed E-state index contributed by atoms with van der Waals surface area (Å²) in [6.07, 6.45) is -1.90. The van der Waals surface area contributed by atoms with Crippen molar-refractivity contribution >= 4 is 46.5 Å². The fourth-order valence-corrected chi connectivity index (χ4v) is 6.16. The minimum Gasteiger partial charge on any atom is -0.493 e. The number of anilines is 1. The van der Waals surface area contributed by atoms with Crippen molar-refractivity contribution in [3.8, 4) is 11.5 Å². The van der Waals surface area contributed by atoms with Crippen LogP contribution in [-0.2, 0) is 30.2 Å². The molecule has 0 radical (unpaired) electrons. The number of hydrogen-bond donors (Lipinski definition) is 0. The lowest BCUT2D eigenvalue weighted by Gasteiger charge is -2.33. The summed E-state index contributed by atoms with van der Waals surface area (Å²) in [5.41, 5.74) is 1.60. The van der Waals surface area contributed by atoms with Gasteiger partial charge in [0.05, 0.1) is 38.1 Å². The maximum Gasteiger partial charge on any atom is 0.350 e. The lowest BCUT2D eigenvalue weighted by Crippen LogP contribution is -2.46. The zero-order chi connectivity index (χ0) is 32.2. The van der Waals surface area contributed by atoms with Crippen molar-refractivity contribution in [2.75, 3.05) is 38.9 Å². The van der Waals surface area contributed by atoms with E-state index < -0.39 is 29.6 Å². The molecule has 10 nitrogen and oxygen atoms in total. The molecule has 3 aromatic rings. The van der Waals surface area contributed by atoms with E-state index in [1.807, 2.05) is 26.0 Å². The molecule has 2 aromatic carbocycles. The standard InChI is InChI=1S/C32H37ClN2O8S/c1-8-41-31(38)29-23(34-18(2)44-29)15-26-30(37)35(16-32(4,5)17-42-19(3)36)24-13-12-20(33)14-22(24)27(43-26)21-10-9-11-25(39-6)28(21)40-7/h9-14,26-27H,8,15-17H2,1-7H3/t26-,27-/m1/s1. The second-order valence-corrected chi connectivity index (χ2v) is 12.7. The van der Waals surface area contributed by atoms with Crippen molar-refractivity contribution < 1.29 is 38.1 Å². The second kappa shape index (κ2) is 14.0. The van der Waals surface area contributed by atoms with Crippen LogP contribution >= 0.6 is 22.9 Å². The molecule has 0 saturated heterocycles. The number of amides is 1. The van der Waals surface area contributed by atoms with Gasteiger partial charge in [0.15, 0.2) is 11.5 Å². The molecule has 2 atom stereocenters. The Labute approximate surface area is 266 Å². The lowest BCUT2D eigenvalue weighted by molar-refractivity contribution is -0.143. The van der Waals surface area contributed by atoms with E-state index in [4.69, 9.17) is 35.3 Å². The Kier molecular flexibility index (Phi) is 10.5. The molecule has 1 aliphatic heterocycles. The molecule has 236 valence electrons. The third kappa shape index (κ3) is 7.34. The topological polar surface area (TPSA) is 113 Å². The van der Waals surface area contributed by atoms with Gasteiger partial charge in [-0.15, -0.1) is 11.3 Å². The van der Waals surface area contributed by atoms with Crippen LogP contribution < -0.4 is 14.4 Å². The molecule has 2 heterocycles. The van der Waals surface area contributed by atoms with E-state index in [9.17, 15) is 14.4 Å². The molecular weight excluding hydrogens is 608 g/mol. The maximum absolute atomic E-state index is 14.5. The van der Waals surface area contributed by atoms with Crippen LogP contribution in [0.25, 0.3) is 0 Å². The highest BCUT2D eigenvalue weighted by Crippen LogP contribution is 2.45. The van der Waals surface area contributed by atoms with Crippen LogP contribution in [0.2, 0.25) is 5.02 Å². The number of para-hydroxylation sites is 1. The third-order valence-corrected chi connectivity index (χ3v) is 8.24. The van der Waals surface area contributed by atoms with E-state index >= 15 is 0 Å². The highest BCUT2D eigenvalue weighted by molar-refractivity contribution is 7.13. The maximum atomic E-state index is 14.5. The van der Waals surface area contributed by atoms with E-state index in [0.717, 1.165) is 0 Å². The first-order valence-corrected chi connectivity index (χ1v) is 15.3. The number of aryl methyl sites for hydroxylation is 1.